The lowest BCUT2D eigenvalue weighted by atomic mass is 10.1. The van der Waals surface area contributed by atoms with Gasteiger partial charge >= 0.3 is 6.61 Å². The van der Waals surface area contributed by atoms with Crippen LogP contribution in [0.2, 0.25) is 0 Å². The van der Waals surface area contributed by atoms with E-state index in [1.165, 1.54) is 12.1 Å². The van der Waals surface area contributed by atoms with Crippen molar-refractivity contribution in [3.63, 3.8) is 0 Å². The summed E-state index contributed by atoms with van der Waals surface area (Å²) in [7, 11) is 0. The van der Waals surface area contributed by atoms with Crippen molar-refractivity contribution in [2.45, 2.75) is 6.61 Å². The molecule has 5 heteroatoms. The Morgan fingerprint density at radius 3 is 2.60 bits per heavy atom. The van der Waals surface area contributed by atoms with Crippen LogP contribution in [0.15, 0.2) is 48.7 Å². The molecule has 0 fully saturated rings. The SMILES string of the molecule is N#C/C(=C\c1ccccc1OC(F)F)c1ccccn1. The number of nitrogens with zero attached hydrogens (tertiary/aromatic N) is 2. The highest BCUT2D eigenvalue weighted by Gasteiger charge is 2.09. The van der Waals surface area contributed by atoms with E-state index in [9.17, 15) is 8.78 Å². The maximum Gasteiger partial charge on any atom is 0.387 e. The first-order valence-corrected chi connectivity index (χ1v) is 5.78. The van der Waals surface area contributed by atoms with Crippen LogP contribution in [-0.4, -0.2) is 11.6 Å². The summed E-state index contributed by atoms with van der Waals surface area (Å²) in [5.41, 5.74) is 1.15. The van der Waals surface area contributed by atoms with E-state index in [0.29, 0.717) is 11.3 Å². The Labute approximate surface area is 114 Å². The summed E-state index contributed by atoms with van der Waals surface area (Å²) in [6.45, 7) is -2.91. The van der Waals surface area contributed by atoms with E-state index in [-0.39, 0.29) is 11.3 Å². The third-order valence-electron chi connectivity index (χ3n) is 2.50. The molecule has 20 heavy (non-hydrogen) atoms. The highest BCUT2D eigenvalue weighted by atomic mass is 19.3. The third kappa shape index (κ3) is 3.39. The number of pyridine rings is 1. The molecule has 0 saturated heterocycles. The van der Waals surface area contributed by atoms with Gasteiger partial charge in [0.05, 0.1) is 11.3 Å². The number of hydrogen-bond donors (Lipinski definition) is 0. The van der Waals surface area contributed by atoms with Gasteiger partial charge in [0.1, 0.15) is 11.8 Å². The number of alkyl halides is 2. The van der Waals surface area contributed by atoms with Crippen LogP contribution in [0.5, 0.6) is 5.75 Å². The summed E-state index contributed by atoms with van der Waals surface area (Å²) in [5, 5.41) is 9.17. The molecule has 1 aromatic heterocycles. The molecule has 3 nitrogen and oxygen atoms in total. The largest absolute Gasteiger partial charge is 0.434 e. The first-order valence-electron chi connectivity index (χ1n) is 5.78. The fourth-order valence-electron chi connectivity index (χ4n) is 1.64. The van der Waals surface area contributed by atoms with Gasteiger partial charge in [-0.2, -0.15) is 14.0 Å². The fourth-order valence-corrected chi connectivity index (χ4v) is 1.64. The minimum atomic E-state index is -2.91. The monoisotopic (exact) mass is 272 g/mol. The molecule has 0 saturated carbocycles. The molecular weight excluding hydrogens is 262 g/mol. The number of allylic oxidation sites excluding steroid dienone is 1. The summed E-state index contributed by atoms with van der Waals surface area (Å²) in [6.07, 6.45) is 3.03. The number of hydrogen-bond acceptors (Lipinski definition) is 3. The quantitative estimate of drug-likeness (QED) is 0.796. The Kier molecular flexibility index (Phi) is 4.40. The van der Waals surface area contributed by atoms with Gasteiger partial charge in [-0.05, 0) is 24.3 Å². The smallest absolute Gasteiger partial charge is 0.387 e. The first kappa shape index (κ1) is 13.7. The van der Waals surface area contributed by atoms with E-state index in [2.05, 4.69) is 9.72 Å². The van der Waals surface area contributed by atoms with Crippen molar-refractivity contribution in [1.82, 2.24) is 4.98 Å². The number of nitriles is 1. The minimum Gasteiger partial charge on any atom is -0.434 e. The van der Waals surface area contributed by atoms with Crippen molar-refractivity contribution in [2.24, 2.45) is 0 Å². The summed E-state index contributed by atoms with van der Waals surface area (Å²) in [4.78, 5) is 4.06. The van der Waals surface area contributed by atoms with Gasteiger partial charge in [0.15, 0.2) is 0 Å². The topological polar surface area (TPSA) is 45.9 Å². The Bertz CT molecular complexity index is 648. The third-order valence-corrected chi connectivity index (χ3v) is 2.50. The minimum absolute atomic E-state index is 0.0196. The Morgan fingerprint density at radius 1 is 1.20 bits per heavy atom. The number of aromatic nitrogens is 1. The van der Waals surface area contributed by atoms with Crippen molar-refractivity contribution in [3.05, 3.63) is 59.9 Å². The van der Waals surface area contributed by atoms with Crippen molar-refractivity contribution in [3.8, 4) is 11.8 Å². The molecule has 0 amide bonds. The molecule has 0 atom stereocenters. The lowest BCUT2D eigenvalue weighted by Gasteiger charge is -2.08. The molecule has 0 spiro atoms. The molecule has 2 aromatic rings. The molecule has 1 heterocycles. The molecule has 0 N–H and O–H groups in total. The van der Waals surface area contributed by atoms with Crippen molar-refractivity contribution >= 4 is 11.6 Å². The van der Waals surface area contributed by atoms with Gasteiger partial charge in [-0.25, -0.2) is 0 Å². The highest BCUT2D eigenvalue weighted by Crippen LogP contribution is 2.25. The van der Waals surface area contributed by atoms with Gasteiger partial charge in [0.25, 0.3) is 0 Å². The van der Waals surface area contributed by atoms with E-state index in [0.717, 1.165) is 0 Å². The maximum absolute atomic E-state index is 12.3. The average Bonchev–Trinajstić information content (AvgIpc) is 2.46. The van der Waals surface area contributed by atoms with Gasteiger partial charge in [-0.3, -0.25) is 4.98 Å². The normalized spacial score (nSPS) is 11.2. The van der Waals surface area contributed by atoms with Crippen molar-refractivity contribution < 1.29 is 13.5 Å². The van der Waals surface area contributed by atoms with Crippen LogP contribution in [0.4, 0.5) is 8.78 Å². The standard InChI is InChI=1S/C15H10F2N2O/c16-15(17)20-14-7-2-1-5-11(14)9-12(10-18)13-6-3-4-8-19-13/h1-9,15H/b12-9+. The Balaban J connectivity index is 2.41. The summed E-state index contributed by atoms with van der Waals surface area (Å²) in [5.74, 6) is 0.0196. The van der Waals surface area contributed by atoms with E-state index in [1.807, 2.05) is 6.07 Å². The lowest BCUT2D eigenvalue weighted by Crippen LogP contribution is -2.03. The van der Waals surface area contributed by atoms with E-state index in [4.69, 9.17) is 5.26 Å². The summed E-state index contributed by atoms with van der Waals surface area (Å²) in [6, 6.07) is 13.4. The Hall–Kier alpha value is -2.74. The number of para-hydroxylation sites is 1. The second-order valence-corrected chi connectivity index (χ2v) is 3.80. The molecule has 0 aliphatic rings. The number of rotatable bonds is 4. The zero-order valence-corrected chi connectivity index (χ0v) is 10.3. The van der Waals surface area contributed by atoms with E-state index >= 15 is 0 Å². The lowest BCUT2D eigenvalue weighted by molar-refractivity contribution is -0.0499. The van der Waals surface area contributed by atoms with Crippen LogP contribution in [0.25, 0.3) is 11.6 Å². The summed E-state index contributed by atoms with van der Waals surface area (Å²) >= 11 is 0. The molecule has 100 valence electrons. The number of ether oxygens (including phenoxy) is 1. The molecule has 0 aliphatic carbocycles. The first-order chi connectivity index (χ1) is 9.70. The molecule has 0 bridgehead atoms. The van der Waals surface area contributed by atoms with Crippen LogP contribution in [0, 0.1) is 11.3 Å². The van der Waals surface area contributed by atoms with Gasteiger partial charge in [0, 0.05) is 11.8 Å². The van der Waals surface area contributed by atoms with Gasteiger partial charge in [-0.1, -0.05) is 24.3 Å². The van der Waals surface area contributed by atoms with E-state index in [1.54, 1.807) is 42.6 Å². The van der Waals surface area contributed by atoms with Crippen LogP contribution in [0.1, 0.15) is 11.3 Å². The van der Waals surface area contributed by atoms with Gasteiger partial charge in [-0.15, -0.1) is 0 Å². The predicted molar refractivity (Wildman–Crippen MR) is 70.8 cm³/mol. The molecule has 0 radical (unpaired) electrons. The zero-order valence-electron chi connectivity index (χ0n) is 10.3. The fraction of sp³-hybridized carbons (Fsp3) is 0.0667. The molecule has 0 unspecified atom stereocenters. The number of benzene rings is 1. The second kappa shape index (κ2) is 6.43. The van der Waals surface area contributed by atoms with Gasteiger partial charge in [0.2, 0.25) is 0 Å². The highest BCUT2D eigenvalue weighted by molar-refractivity contribution is 5.89. The molecular formula is C15H10F2N2O. The maximum atomic E-state index is 12.3. The van der Waals surface area contributed by atoms with Crippen LogP contribution >= 0.6 is 0 Å². The molecule has 2 rings (SSSR count). The van der Waals surface area contributed by atoms with Crippen molar-refractivity contribution in [1.29, 1.82) is 5.26 Å². The van der Waals surface area contributed by atoms with Crippen LogP contribution < -0.4 is 4.74 Å². The predicted octanol–water partition coefficient (Wildman–Crippen LogP) is 3.75. The molecule has 1 aromatic carbocycles. The summed E-state index contributed by atoms with van der Waals surface area (Å²) < 4.78 is 29.1. The van der Waals surface area contributed by atoms with Crippen LogP contribution in [-0.2, 0) is 0 Å². The van der Waals surface area contributed by atoms with Crippen LogP contribution in [0.3, 0.4) is 0 Å². The average molecular weight is 272 g/mol. The Morgan fingerprint density at radius 2 is 1.95 bits per heavy atom. The second-order valence-electron chi connectivity index (χ2n) is 3.80. The zero-order chi connectivity index (χ0) is 14.4. The van der Waals surface area contributed by atoms with E-state index < -0.39 is 6.61 Å². The molecule has 0 aliphatic heterocycles. The van der Waals surface area contributed by atoms with Crippen molar-refractivity contribution in [2.75, 3.05) is 0 Å². The van der Waals surface area contributed by atoms with Gasteiger partial charge < -0.3 is 4.74 Å². The number of halogens is 2.